The van der Waals surface area contributed by atoms with Gasteiger partial charge in [0.25, 0.3) is 0 Å². The molecule has 2 aliphatic rings. The van der Waals surface area contributed by atoms with E-state index in [1.807, 2.05) is 9.80 Å². The third-order valence-corrected chi connectivity index (χ3v) is 9.55. The van der Waals surface area contributed by atoms with Crippen LogP contribution >= 0.6 is 41.2 Å². The monoisotopic (exact) mass is 353 g/mol. The summed E-state index contributed by atoms with van der Waals surface area (Å²) in [7, 11) is 7.10. The average molecular weight is 354 g/mol. The van der Waals surface area contributed by atoms with Gasteiger partial charge in [0.1, 0.15) is 0 Å². The second-order valence-corrected chi connectivity index (χ2v) is 10.7. The zero-order valence-corrected chi connectivity index (χ0v) is 14.5. The molecule has 0 saturated carbocycles. The van der Waals surface area contributed by atoms with Gasteiger partial charge in [0.2, 0.25) is 5.91 Å². The van der Waals surface area contributed by atoms with Gasteiger partial charge in [0.15, 0.2) is 0 Å². The van der Waals surface area contributed by atoms with Gasteiger partial charge in [-0.1, -0.05) is 21.6 Å². The molecule has 0 spiro atoms. The minimum atomic E-state index is 0.0629. The summed E-state index contributed by atoms with van der Waals surface area (Å²) in [6.45, 7) is 4.23. The Bertz CT molecular complexity index is 314. The fourth-order valence-corrected chi connectivity index (χ4v) is 8.02. The highest BCUT2D eigenvalue weighted by Crippen LogP contribution is 2.42. The highest BCUT2D eigenvalue weighted by atomic mass is 33.7. The van der Waals surface area contributed by atoms with Crippen LogP contribution in [-0.4, -0.2) is 66.0 Å². The van der Waals surface area contributed by atoms with Gasteiger partial charge in [-0.2, -0.15) is 0 Å². The Hall–Kier alpha value is 0.140. The topological polar surface area (TPSA) is 52.7 Å². The molecule has 0 bridgehead atoms. The zero-order valence-electron chi connectivity index (χ0n) is 11.2. The lowest BCUT2D eigenvalue weighted by atomic mass is 10.4. The Morgan fingerprint density at radius 3 is 2.25 bits per heavy atom. The number of amides is 3. The fraction of sp³-hybridized carbons (Fsp3) is 0.818. The molecular formula is C11H19N3O2S4. The molecule has 20 heavy (non-hydrogen) atoms. The van der Waals surface area contributed by atoms with E-state index in [9.17, 15) is 9.59 Å². The van der Waals surface area contributed by atoms with Gasteiger partial charge in [-0.3, -0.25) is 4.79 Å². The van der Waals surface area contributed by atoms with Crippen molar-refractivity contribution in [1.82, 2.24) is 15.1 Å². The van der Waals surface area contributed by atoms with Crippen LogP contribution in [-0.2, 0) is 4.79 Å². The van der Waals surface area contributed by atoms with Crippen LogP contribution in [0.2, 0.25) is 0 Å². The van der Waals surface area contributed by atoms with Crippen LogP contribution in [0.4, 0.5) is 4.79 Å². The Kier molecular flexibility index (Phi) is 7.61. The summed E-state index contributed by atoms with van der Waals surface area (Å²) in [5, 5.41) is 2.80. The van der Waals surface area contributed by atoms with Crippen LogP contribution in [0.5, 0.6) is 0 Å². The summed E-state index contributed by atoms with van der Waals surface area (Å²) in [6.07, 6.45) is 1.75. The van der Waals surface area contributed by atoms with Crippen molar-refractivity contribution in [2.24, 2.45) is 0 Å². The predicted octanol–water partition coefficient (Wildman–Crippen LogP) is 2.31. The molecule has 2 rings (SSSR count). The smallest absolute Gasteiger partial charge is 0.317 e. The third kappa shape index (κ3) is 5.50. The number of nitrogens with zero attached hydrogens (tertiary/aromatic N) is 2. The summed E-state index contributed by atoms with van der Waals surface area (Å²) in [5.41, 5.74) is 0. The first-order valence-electron chi connectivity index (χ1n) is 6.65. The Labute approximate surface area is 134 Å². The molecule has 0 aromatic carbocycles. The maximum Gasteiger partial charge on any atom is 0.317 e. The molecule has 3 amide bonds. The van der Waals surface area contributed by atoms with E-state index in [1.54, 1.807) is 41.2 Å². The molecule has 0 atom stereocenters. The number of likely N-dealkylation sites (tertiary alicyclic amines) is 1. The van der Waals surface area contributed by atoms with Crippen molar-refractivity contribution in [2.75, 3.05) is 44.2 Å². The number of carbonyl (C=O) groups excluding carboxylic acids is 2. The van der Waals surface area contributed by atoms with Gasteiger partial charge >= 0.3 is 6.03 Å². The quantitative estimate of drug-likeness (QED) is 0.507. The summed E-state index contributed by atoms with van der Waals surface area (Å²) in [6, 6.07) is 0.0629. The average Bonchev–Trinajstić information content (AvgIpc) is 3.02. The van der Waals surface area contributed by atoms with Gasteiger partial charge in [-0.05, 0) is 26.1 Å². The fourth-order valence-electron chi connectivity index (χ4n) is 2.07. The number of nitrogens with one attached hydrogen (secondary N) is 1. The van der Waals surface area contributed by atoms with E-state index in [2.05, 4.69) is 5.32 Å². The predicted molar refractivity (Wildman–Crippen MR) is 90.9 cm³/mol. The molecule has 0 radical (unpaired) electrons. The van der Waals surface area contributed by atoms with Crippen LogP contribution in [0.3, 0.4) is 0 Å². The molecule has 2 saturated heterocycles. The second-order valence-electron chi connectivity index (χ2n) is 4.48. The zero-order chi connectivity index (χ0) is 14.2. The number of carbonyl (C=O) groups is 2. The van der Waals surface area contributed by atoms with Crippen LogP contribution in [0.1, 0.15) is 12.8 Å². The maximum atomic E-state index is 11.4. The lowest BCUT2D eigenvalue weighted by Gasteiger charge is -2.14. The largest absolute Gasteiger partial charge is 0.342 e. The Balaban J connectivity index is 1.38. The van der Waals surface area contributed by atoms with Gasteiger partial charge in [-0.25, -0.2) is 4.79 Å². The first-order chi connectivity index (χ1) is 9.77. The minimum Gasteiger partial charge on any atom is -0.342 e. The van der Waals surface area contributed by atoms with Crippen LogP contribution < -0.4 is 5.32 Å². The van der Waals surface area contributed by atoms with E-state index in [4.69, 9.17) is 0 Å². The molecule has 0 aromatic heterocycles. The molecule has 5 nitrogen and oxygen atoms in total. The van der Waals surface area contributed by atoms with Gasteiger partial charge in [0.05, 0.1) is 0 Å². The Morgan fingerprint density at radius 1 is 1.00 bits per heavy atom. The number of hydrogen-bond donors (Lipinski definition) is 1. The van der Waals surface area contributed by atoms with Crippen molar-refractivity contribution >= 4 is 53.2 Å². The number of hydrogen-bond acceptors (Lipinski definition) is 6. The normalized spacial score (nSPS) is 19.0. The van der Waals surface area contributed by atoms with E-state index < -0.39 is 0 Å². The van der Waals surface area contributed by atoms with E-state index in [0.29, 0.717) is 5.91 Å². The van der Waals surface area contributed by atoms with Crippen molar-refractivity contribution in [3.8, 4) is 0 Å². The van der Waals surface area contributed by atoms with Crippen LogP contribution in [0, 0.1) is 0 Å². The molecular weight excluding hydrogens is 334 g/mol. The maximum absolute atomic E-state index is 11.4. The number of urea groups is 1. The first-order valence-corrected chi connectivity index (χ1v) is 11.8. The second kappa shape index (κ2) is 9.22. The SMILES string of the molecule is O=C1CCCN1CCSSSSCCN1CCNC1=O. The summed E-state index contributed by atoms with van der Waals surface area (Å²) in [4.78, 5) is 26.5. The molecule has 2 aliphatic heterocycles. The molecule has 114 valence electrons. The molecule has 2 heterocycles. The van der Waals surface area contributed by atoms with Crippen molar-refractivity contribution in [3.63, 3.8) is 0 Å². The summed E-state index contributed by atoms with van der Waals surface area (Å²) in [5.74, 6) is 2.25. The van der Waals surface area contributed by atoms with Gasteiger partial charge in [0, 0.05) is 50.7 Å². The summed E-state index contributed by atoms with van der Waals surface area (Å²) >= 11 is 0. The molecule has 1 N–H and O–H groups in total. The van der Waals surface area contributed by atoms with Gasteiger partial charge < -0.3 is 15.1 Å². The van der Waals surface area contributed by atoms with E-state index >= 15 is 0 Å². The third-order valence-electron chi connectivity index (χ3n) is 3.13. The van der Waals surface area contributed by atoms with Crippen LogP contribution in [0.25, 0.3) is 0 Å². The standard InChI is InChI=1S/C11H19N3O2S4/c15-10-2-1-4-13(10)6-8-17-19-20-18-9-7-14-5-3-12-11(14)16/h1-9H2,(H,12,16). The molecule has 0 aromatic rings. The molecule has 9 heteroatoms. The van der Waals surface area contributed by atoms with Gasteiger partial charge in [-0.15, -0.1) is 0 Å². The van der Waals surface area contributed by atoms with Crippen molar-refractivity contribution in [2.45, 2.75) is 12.8 Å². The lowest BCUT2D eigenvalue weighted by Crippen LogP contribution is -2.29. The molecule has 0 unspecified atom stereocenters. The van der Waals surface area contributed by atoms with Crippen LogP contribution in [0.15, 0.2) is 0 Å². The van der Waals surface area contributed by atoms with E-state index in [-0.39, 0.29) is 6.03 Å². The molecule has 2 fully saturated rings. The van der Waals surface area contributed by atoms with Crippen molar-refractivity contribution < 1.29 is 9.59 Å². The number of rotatable bonds is 9. The lowest BCUT2D eigenvalue weighted by molar-refractivity contribution is -0.127. The van der Waals surface area contributed by atoms with E-state index in [0.717, 1.165) is 57.1 Å². The highest BCUT2D eigenvalue weighted by molar-refractivity contribution is 9.26. The molecule has 0 aliphatic carbocycles. The first kappa shape index (κ1) is 16.5. The highest BCUT2D eigenvalue weighted by Gasteiger charge is 2.19. The minimum absolute atomic E-state index is 0.0629. The van der Waals surface area contributed by atoms with Crippen molar-refractivity contribution in [3.05, 3.63) is 0 Å². The van der Waals surface area contributed by atoms with Crippen molar-refractivity contribution in [1.29, 1.82) is 0 Å². The summed E-state index contributed by atoms with van der Waals surface area (Å²) < 4.78 is 0. The van der Waals surface area contributed by atoms with E-state index in [1.165, 1.54) is 0 Å². The Morgan fingerprint density at radius 2 is 1.70 bits per heavy atom.